The van der Waals surface area contributed by atoms with Crippen molar-refractivity contribution in [3.63, 3.8) is 0 Å². The molecule has 0 unspecified atom stereocenters. The smallest absolute Gasteiger partial charge is 0.319 e. The molecule has 3 N–H and O–H groups in total. The van der Waals surface area contributed by atoms with Crippen molar-refractivity contribution in [2.45, 2.75) is 38.6 Å². The SMILES string of the molecule is Cc1cc(N[C@H]2CC[C@@H](CNC(=O)Nc3cccc(Cl)c3Cl)CC2)nc2ccccc12.Cl. The third-order valence-electron chi connectivity index (χ3n) is 5.87. The van der Waals surface area contributed by atoms with Crippen LogP contribution in [-0.2, 0) is 0 Å². The second-order valence-corrected chi connectivity index (χ2v) is 8.93. The van der Waals surface area contributed by atoms with Crippen molar-refractivity contribution < 1.29 is 4.79 Å². The first-order chi connectivity index (χ1) is 15.0. The lowest BCUT2D eigenvalue weighted by Crippen LogP contribution is -2.36. The minimum absolute atomic E-state index is 0. The number of nitrogens with one attached hydrogen (secondary N) is 3. The van der Waals surface area contributed by atoms with Crippen molar-refractivity contribution in [3.8, 4) is 0 Å². The van der Waals surface area contributed by atoms with Gasteiger partial charge in [0.2, 0.25) is 0 Å². The molecule has 32 heavy (non-hydrogen) atoms. The van der Waals surface area contributed by atoms with E-state index in [2.05, 4.69) is 41.1 Å². The standard InChI is InChI=1S/C24H26Cl2N4O.ClH/c1-15-13-22(29-20-7-3-2-5-18(15)20)28-17-11-9-16(10-12-17)14-27-24(31)30-21-8-4-6-19(25)23(21)26;/h2-8,13,16-17H,9-12,14H2,1H3,(H,28,29)(H2,27,30,31);1H/t16-,17+;. The molecule has 0 saturated heterocycles. The number of hydrogen-bond acceptors (Lipinski definition) is 3. The first-order valence-electron chi connectivity index (χ1n) is 10.6. The monoisotopic (exact) mass is 492 g/mol. The van der Waals surface area contributed by atoms with E-state index < -0.39 is 0 Å². The molecule has 1 aliphatic rings. The van der Waals surface area contributed by atoms with Gasteiger partial charge in [0.15, 0.2) is 0 Å². The van der Waals surface area contributed by atoms with E-state index in [-0.39, 0.29) is 18.4 Å². The number of carbonyl (C=O) groups excluding carboxylic acids is 1. The van der Waals surface area contributed by atoms with Gasteiger partial charge in [-0.1, -0.05) is 47.5 Å². The Morgan fingerprint density at radius 2 is 1.81 bits per heavy atom. The molecule has 5 nitrogen and oxygen atoms in total. The molecule has 0 bridgehead atoms. The Morgan fingerprint density at radius 1 is 1.06 bits per heavy atom. The molecule has 0 aliphatic heterocycles. The van der Waals surface area contributed by atoms with Gasteiger partial charge >= 0.3 is 6.03 Å². The number of aryl methyl sites for hydroxylation is 1. The summed E-state index contributed by atoms with van der Waals surface area (Å²) < 4.78 is 0. The number of urea groups is 1. The molecular weight excluding hydrogens is 467 g/mol. The van der Waals surface area contributed by atoms with Gasteiger partial charge < -0.3 is 16.0 Å². The Labute approximate surface area is 204 Å². The van der Waals surface area contributed by atoms with Crippen LogP contribution in [0.1, 0.15) is 31.2 Å². The highest BCUT2D eigenvalue weighted by Gasteiger charge is 2.22. The van der Waals surface area contributed by atoms with E-state index in [4.69, 9.17) is 28.2 Å². The van der Waals surface area contributed by atoms with E-state index >= 15 is 0 Å². The van der Waals surface area contributed by atoms with Crippen LogP contribution in [0.15, 0.2) is 48.5 Å². The minimum atomic E-state index is -0.264. The summed E-state index contributed by atoms with van der Waals surface area (Å²) in [7, 11) is 0. The third kappa shape index (κ3) is 5.97. The van der Waals surface area contributed by atoms with Crippen LogP contribution in [0.25, 0.3) is 10.9 Å². The Kier molecular flexibility index (Phi) is 8.46. The maximum Gasteiger partial charge on any atom is 0.319 e. The number of halogens is 3. The zero-order chi connectivity index (χ0) is 21.8. The summed E-state index contributed by atoms with van der Waals surface area (Å²) >= 11 is 12.1. The van der Waals surface area contributed by atoms with E-state index in [0.29, 0.717) is 34.2 Å². The van der Waals surface area contributed by atoms with Gasteiger partial charge in [-0.25, -0.2) is 9.78 Å². The lowest BCUT2D eigenvalue weighted by atomic mass is 9.86. The second-order valence-electron chi connectivity index (χ2n) is 8.14. The largest absolute Gasteiger partial charge is 0.367 e. The second kappa shape index (κ2) is 11.1. The topological polar surface area (TPSA) is 66.0 Å². The number of pyridine rings is 1. The fraction of sp³-hybridized carbons (Fsp3) is 0.333. The molecule has 1 fully saturated rings. The maximum atomic E-state index is 12.2. The summed E-state index contributed by atoms with van der Waals surface area (Å²) in [6, 6.07) is 15.7. The summed E-state index contributed by atoms with van der Waals surface area (Å²) in [5.74, 6) is 1.40. The van der Waals surface area contributed by atoms with Crippen LogP contribution >= 0.6 is 35.6 Å². The quantitative estimate of drug-likeness (QED) is 0.356. The molecule has 1 aliphatic carbocycles. The van der Waals surface area contributed by atoms with Crippen LogP contribution < -0.4 is 16.0 Å². The minimum Gasteiger partial charge on any atom is -0.367 e. The van der Waals surface area contributed by atoms with Crippen LogP contribution in [0, 0.1) is 12.8 Å². The van der Waals surface area contributed by atoms with Crippen molar-refractivity contribution in [2.24, 2.45) is 5.92 Å². The predicted molar refractivity (Wildman–Crippen MR) is 137 cm³/mol. The molecule has 3 aromatic rings. The van der Waals surface area contributed by atoms with Gasteiger partial charge in [-0.3, -0.25) is 0 Å². The van der Waals surface area contributed by atoms with E-state index in [1.165, 1.54) is 10.9 Å². The van der Waals surface area contributed by atoms with Crippen molar-refractivity contribution in [1.82, 2.24) is 10.3 Å². The summed E-state index contributed by atoms with van der Waals surface area (Å²) in [6.45, 7) is 2.77. The summed E-state index contributed by atoms with van der Waals surface area (Å²) in [6.07, 6.45) is 4.23. The highest BCUT2D eigenvalue weighted by molar-refractivity contribution is 6.43. The maximum absolute atomic E-state index is 12.2. The number of aromatic nitrogens is 1. The van der Waals surface area contributed by atoms with Gasteiger partial charge in [-0.05, 0) is 68.4 Å². The van der Waals surface area contributed by atoms with Crippen LogP contribution in [0.5, 0.6) is 0 Å². The van der Waals surface area contributed by atoms with E-state index in [9.17, 15) is 4.79 Å². The van der Waals surface area contributed by atoms with Crippen molar-refractivity contribution in [1.29, 1.82) is 0 Å². The fourth-order valence-electron chi connectivity index (χ4n) is 4.15. The van der Waals surface area contributed by atoms with Gasteiger partial charge in [0.25, 0.3) is 0 Å². The molecule has 0 atom stereocenters. The number of carbonyl (C=O) groups is 1. The van der Waals surface area contributed by atoms with E-state index in [1.54, 1.807) is 18.2 Å². The molecule has 2 amide bonds. The first kappa shape index (κ1) is 24.4. The van der Waals surface area contributed by atoms with Gasteiger partial charge in [-0.15, -0.1) is 12.4 Å². The van der Waals surface area contributed by atoms with Crippen LogP contribution in [0.4, 0.5) is 16.3 Å². The Morgan fingerprint density at radius 3 is 2.59 bits per heavy atom. The van der Waals surface area contributed by atoms with Crippen molar-refractivity contribution >= 4 is 64.0 Å². The summed E-state index contributed by atoms with van der Waals surface area (Å²) in [4.78, 5) is 17.0. The Hall–Kier alpha value is -2.21. The molecule has 170 valence electrons. The molecule has 2 aromatic carbocycles. The zero-order valence-electron chi connectivity index (χ0n) is 17.8. The molecule has 8 heteroatoms. The lowest BCUT2D eigenvalue weighted by molar-refractivity contribution is 0.246. The average Bonchev–Trinajstić information content (AvgIpc) is 2.76. The lowest BCUT2D eigenvalue weighted by Gasteiger charge is -2.29. The molecule has 1 aromatic heterocycles. The van der Waals surface area contributed by atoms with E-state index in [1.807, 2.05) is 12.1 Å². The van der Waals surface area contributed by atoms with Crippen LogP contribution in [-0.4, -0.2) is 23.6 Å². The molecule has 0 radical (unpaired) electrons. The third-order valence-corrected chi connectivity index (χ3v) is 6.69. The Bertz CT molecular complexity index is 1080. The van der Waals surface area contributed by atoms with Crippen molar-refractivity contribution in [3.05, 3.63) is 64.1 Å². The normalized spacial score (nSPS) is 18.0. The summed E-state index contributed by atoms with van der Waals surface area (Å²) in [5, 5.41) is 11.3. The summed E-state index contributed by atoms with van der Waals surface area (Å²) in [5.41, 5.74) is 2.77. The van der Waals surface area contributed by atoms with Crippen LogP contribution in [0.2, 0.25) is 10.0 Å². The average molecular weight is 494 g/mol. The first-order valence-corrected chi connectivity index (χ1v) is 11.4. The highest BCUT2D eigenvalue weighted by atomic mass is 35.5. The predicted octanol–water partition coefficient (Wildman–Crippen LogP) is 7.06. The van der Waals surface area contributed by atoms with Gasteiger partial charge in [0.1, 0.15) is 5.82 Å². The van der Waals surface area contributed by atoms with Gasteiger partial charge in [0, 0.05) is 18.0 Å². The number of anilines is 2. The van der Waals surface area contributed by atoms with Gasteiger partial charge in [-0.2, -0.15) is 0 Å². The molecule has 1 heterocycles. The van der Waals surface area contributed by atoms with Crippen LogP contribution in [0.3, 0.4) is 0 Å². The zero-order valence-corrected chi connectivity index (χ0v) is 20.2. The Balaban J connectivity index is 0.00000289. The van der Waals surface area contributed by atoms with Crippen molar-refractivity contribution in [2.75, 3.05) is 17.2 Å². The molecular formula is C24H27Cl3N4O. The number of benzene rings is 2. The molecule has 1 saturated carbocycles. The number of hydrogen-bond donors (Lipinski definition) is 3. The number of para-hydroxylation sites is 1. The number of amides is 2. The number of fused-ring (bicyclic) bond motifs is 1. The molecule has 0 spiro atoms. The van der Waals surface area contributed by atoms with Gasteiger partial charge in [0.05, 0.1) is 21.2 Å². The number of rotatable bonds is 5. The highest BCUT2D eigenvalue weighted by Crippen LogP contribution is 2.30. The fourth-order valence-corrected chi connectivity index (χ4v) is 4.50. The number of nitrogens with zero attached hydrogens (tertiary/aromatic N) is 1. The molecule has 4 rings (SSSR count). The van der Waals surface area contributed by atoms with E-state index in [0.717, 1.165) is 37.0 Å².